The molecule has 0 amide bonds. The number of rotatable bonds is 7. The van der Waals surface area contributed by atoms with Crippen LogP contribution in [0.25, 0.3) is 0 Å². The lowest BCUT2D eigenvalue weighted by Crippen LogP contribution is -2.26. The molecule has 17 heavy (non-hydrogen) atoms. The van der Waals surface area contributed by atoms with Gasteiger partial charge in [0.05, 0.1) is 12.7 Å². The van der Waals surface area contributed by atoms with Gasteiger partial charge < -0.3 is 15.1 Å². The summed E-state index contributed by atoms with van der Waals surface area (Å²) in [5, 5.41) is 18.7. The minimum absolute atomic E-state index is 0.118. The summed E-state index contributed by atoms with van der Waals surface area (Å²) < 4.78 is 0. The molecule has 3 nitrogen and oxygen atoms in total. The summed E-state index contributed by atoms with van der Waals surface area (Å²) >= 11 is 0. The SMILES string of the molecule is C=CCN(CCO)c1ccc([C@H](O)CC)cc1. The molecule has 0 bridgehead atoms. The molecule has 1 aromatic carbocycles. The third-order valence-corrected chi connectivity index (χ3v) is 2.75. The van der Waals surface area contributed by atoms with Crippen molar-refractivity contribution in [3.63, 3.8) is 0 Å². The average molecular weight is 235 g/mol. The fraction of sp³-hybridized carbons (Fsp3) is 0.429. The number of hydrogen-bond acceptors (Lipinski definition) is 3. The molecule has 0 saturated carbocycles. The lowest BCUT2D eigenvalue weighted by Gasteiger charge is -2.22. The van der Waals surface area contributed by atoms with Crippen LogP contribution in [0.5, 0.6) is 0 Å². The molecule has 0 unspecified atom stereocenters. The predicted octanol–water partition coefficient (Wildman–Crippen LogP) is 2.11. The summed E-state index contributed by atoms with van der Waals surface area (Å²) in [4.78, 5) is 2.04. The Kier molecular flexibility index (Phi) is 5.73. The molecule has 2 N–H and O–H groups in total. The van der Waals surface area contributed by atoms with Gasteiger partial charge in [-0.1, -0.05) is 25.1 Å². The molecule has 94 valence electrons. The number of nitrogens with zero attached hydrogens (tertiary/aromatic N) is 1. The first-order valence-electron chi connectivity index (χ1n) is 5.97. The molecular weight excluding hydrogens is 214 g/mol. The highest BCUT2D eigenvalue weighted by atomic mass is 16.3. The zero-order valence-corrected chi connectivity index (χ0v) is 10.3. The number of hydrogen-bond donors (Lipinski definition) is 2. The van der Waals surface area contributed by atoms with Crippen LogP contribution in [0.4, 0.5) is 5.69 Å². The van der Waals surface area contributed by atoms with Gasteiger partial charge in [-0.3, -0.25) is 0 Å². The van der Waals surface area contributed by atoms with Crippen LogP contribution in [-0.2, 0) is 0 Å². The van der Waals surface area contributed by atoms with Crippen molar-refractivity contribution < 1.29 is 10.2 Å². The van der Waals surface area contributed by atoms with Gasteiger partial charge in [-0.05, 0) is 24.1 Å². The largest absolute Gasteiger partial charge is 0.395 e. The fourth-order valence-electron chi connectivity index (χ4n) is 1.75. The maximum atomic E-state index is 9.70. The van der Waals surface area contributed by atoms with E-state index >= 15 is 0 Å². The molecule has 0 saturated heterocycles. The molecule has 3 heteroatoms. The minimum atomic E-state index is -0.394. The van der Waals surface area contributed by atoms with E-state index < -0.39 is 6.10 Å². The predicted molar refractivity (Wildman–Crippen MR) is 71.2 cm³/mol. The Morgan fingerprint density at radius 3 is 2.47 bits per heavy atom. The monoisotopic (exact) mass is 235 g/mol. The van der Waals surface area contributed by atoms with E-state index in [9.17, 15) is 5.11 Å². The van der Waals surface area contributed by atoms with E-state index in [4.69, 9.17) is 5.11 Å². The van der Waals surface area contributed by atoms with E-state index in [2.05, 4.69) is 6.58 Å². The summed E-state index contributed by atoms with van der Waals surface area (Å²) in [6.07, 6.45) is 2.13. The van der Waals surface area contributed by atoms with E-state index in [-0.39, 0.29) is 6.61 Å². The summed E-state index contributed by atoms with van der Waals surface area (Å²) in [7, 11) is 0. The van der Waals surface area contributed by atoms with Crippen molar-refractivity contribution >= 4 is 5.69 Å². The quantitative estimate of drug-likeness (QED) is 0.711. The highest BCUT2D eigenvalue weighted by Crippen LogP contribution is 2.20. The molecule has 0 spiro atoms. The minimum Gasteiger partial charge on any atom is -0.395 e. The van der Waals surface area contributed by atoms with Gasteiger partial charge >= 0.3 is 0 Å². The van der Waals surface area contributed by atoms with Crippen LogP contribution in [0.2, 0.25) is 0 Å². The molecule has 0 radical (unpaired) electrons. The molecule has 0 aliphatic carbocycles. The van der Waals surface area contributed by atoms with Crippen LogP contribution in [0.15, 0.2) is 36.9 Å². The number of aliphatic hydroxyl groups is 2. The Hall–Kier alpha value is -1.32. The van der Waals surface area contributed by atoms with Crippen LogP contribution >= 0.6 is 0 Å². The molecule has 1 rings (SSSR count). The Morgan fingerprint density at radius 2 is 2.00 bits per heavy atom. The molecule has 0 aliphatic rings. The third-order valence-electron chi connectivity index (χ3n) is 2.75. The van der Waals surface area contributed by atoms with Crippen LogP contribution in [0.3, 0.4) is 0 Å². The van der Waals surface area contributed by atoms with Crippen molar-refractivity contribution in [3.05, 3.63) is 42.5 Å². The van der Waals surface area contributed by atoms with E-state index in [0.29, 0.717) is 19.5 Å². The topological polar surface area (TPSA) is 43.7 Å². The lowest BCUT2D eigenvalue weighted by molar-refractivity contribution is 0.173. The molecule has 1 atom stereocenters. The van der Waals surface area contributed by atoms with E-state index in [1.165, 1.54) is 0 Å². The molecule has 0 aliphatic heterocycles. The highest BCUT2D eigenvalue weighted by molar-refractivity contribution is 5.48. The van der Waals surface area contributed by atoms with Crippen LogP contribution in [0.1, 0.15) is 25.0 Å². The second-order valence-corrected chi connectivity index (χ2v) is 3.97. The van der Waals surface area contributed by atoms with Gasteiger partial charge in [0.25, 0.3) is 0 Å². The molecule has 0 heterocycles. The smallest absolute Gasteiger partial charge is 0.0787 e. The number of aliphatic hydroxyl groups excluding tert-OH is 2. The van der Waals surface area contributed by atoms with Crippen molar-refractivity contribution in [1.29, 1.82) is 0 Å². The standard InChI is InChI=1S/C14H21NO2/c1-3-9-15(10-11-16)13-7-5-12(6-8-13)14(17)4-2/h3,5-8,14,16-17H,1,4,9-11H2,2H3/t14-/m1/s1. The van der Waals surface area contributed by atoms with Gasteiger partial charge in [0, 0.05) is 18.8 Å². The van der Waals surface area contributed by atoms with Crippen molar-refractivity contribution in [3.8, 4) is 0 Å². The molecule has 0 aromatic heterocycles. The molecule has 0 fully saturated rings. The Bertz CT molecular complexity index is 335. The first kappa shape index (κ1) is 13.7. The number of benzene rings is 1. The number of anilines is 1. The van der Waals surface area contributed by atoms with Crippen molar-refractivity contribution in [2.75, 3.05) is 24.6 Å². The zero-order valence-electron chi connectivity index (χ0n) is 10.3. The van der Waals surface area contributed by atoms with Gasteiger partial charge in [-0.2, -0.15) is 0 Å². The zero-order chi connectivity index (χ0) is 12.7. The third kappa shape index (κ3) is 3.88. The van der Waals surface area contributed by atoms with E-state index in [1.807, 2.05) is 42.2 Å². The van der Waals surface area contributed by atoms with E-state index in [0.717, 1.165) is 11.3 Å². The second-order valence-electron chi connectivity index (χ2n) is 3.97. The summed E-state index contributed by atoms with van der Waals surface area (Å²) in [5.74, 6) is 0. The van der Waals surface area contributed by atoms with Crippen LogP contribution in [0, 0.1) is 0 Å². The maximum Gasteiger partial charge on any atom is 0.0787 e. The second kappa shape index (κ2) is 7.09. The Labute approximate surface area is 103 Å². The van der Waals surface area contributed by atoms with Gasteiger partial charge in [0.15, 0.2) is 0 Å². The van der Waals surface area contributed by atoms with Gasteiger partial charge in [-0.15, -0.1) is 6.58 Å². The molecular formula is C14H21NO2. The van der Waals surface area contributed by atoms with Crippen molar-refractivity contribution in [2.45, 2.75) is 19.4 Å². The summed E-state index contributed by atoms with van der Waals surface area (Å²) in [6.45, 7) is 7.06. The lowest BCUT2D eigenvalue weighted by atomic mass is 10.1. The summed E-state index contributed by atoms with van der Waals surface area (Å²) in [6, 6.07) is 7.79. The van der Waals surface area contributed by atoms with Gasteiger partial charge in [0.2, 0.25) is 0 Å². The molecule has 1 aromatic rings. The van der Waals surface area contributed by atoms with Gasteiger partial charge in [-0.25, -0.2) is 0 Å². The van der Waals surface area contributed by atoms with Gasteiger partial charge in [0.1, 0.15) is 0 Å². The van der Waals surface area contributed by atoms with Crippen LogP contribution in [-0.4, -0.2) is 29.9 Å². The normalized spacial score (nSPS) is 12.2. The Balaban J connectivity index is 2.79. The Morgan fingerprint density at radius 1 is 1.35 bits per heavy atom. The van der Waals surface area contributed by atoms with Crippen molar-refractivity contribution in [2.24, 2.45) is 0 Å². The summed E-state index contributed by atoms with van der Waals surface area (Å²) in [5.41, 5.74) is 1.96. The first-order chi connectivity index (χ1) is 8.22. The highest BCUT2D eigenvalue weighted by Gasteiger charge is 2.07. The average Bonchev–Trinajstić information content (AvgIpc) is 2.38. The van der Waals surface area contributed by atoms with E-state index in [1.54, 1.807) is 0 Å². The fourth-order valence-corrected chi connectivity index (χ4v) is 1.75. The first-order valence-corrected chi connectivity index (χ1v) is 5.97. The maximum absolute atomic E-state index is 9.70. The van der Waals surface area contributed by atoms with Crippen LogP contribution < -0.4 is 4.90 Å². The van der Waals surface area contributed by atoms with Crippen molar-refractivity contribution in [1.82, 2.24) is 0 Å².